The van der Waals surface area contributed by atoms with Crippen LogP contribution in [-0.2, 0) is 4.79 Å². The van der Waals surface area contributed by atoms with Crippen LogP contribution in [0, 0.1) is 13.8 Å². The van der Waals surface area contributed by atoms with Crippen LogP contribution in [0.5, 0.6) is 0 Å². The van der Waals surface area contributed by atoms with E-state index in [-0.39, 0.29) is 11.8 Å². The molecule has 2 amide bonds. The van der Waals surface area contributed by atoms with E-state index in [1.807, 2.05) is 13.8 Å². The third-order valence-electron chi connectivity index (χ3n) is 5.52. The van der Waals surface area contributed by atoms with E-state index in [9.17, 15) is 9.59 Å². The van der Waals surface area contributed by atoms with E-state index in [2.05, 4.69) is 34.4 Å². The molecule has 1 aromatic carbocycles. The Morgan fingerprint density at radius 2 is 1.97 bits per heavy atom. The first kappa shape index (κ1) is 21.9. The van der Waals surface area contributed by atoms with Gasteiger partial charge in [-0.2, -0.15) is 0 Å². The molecule has 0 fully saturated rings. The second-order valence-corrected chi connectivity index (χ2v) is 7.79. The maximum Gasteiger partial charge on any atom is 0.256 e. The highest BCUT2D eigenvalue weighted by Crippen LogP contribution is 2.38. The lowest BCUT2D eigenvalue weighted by Gasteiger charge is -2.18. The van der Waals surface area contributed by atoms with Gasteiger partial charge in [-0.15, -0.1) is 0 Å². The van der Waals surface area contributed by atoms with Gasteiger partial charge in [-0.1, -0.05) is 25.4 Å². The predicted octanol–water partition coefficient (Wildman–Crippen LogP) is 3.43. The number of likely N-dealkylation sites (N-methyl/N-ethyl adjacent to an activating group) is 1. The van der Waals surface area contributed by atoms with Crippen LogP contribution in [-0.4, -0.2) is 47.9 Å². The highest BCUT2D eigenvalue weighted by atomic mass is 35.5. The van der Waals surface area contributed by atoms with E-state index in [1.54, 1.807) is 18.2 Å². The molecular weight excluding hydrogens is 402 g/mol. The number of nitrogens with one attached hydrogen (secondary N) is 3. The molecule has 2 aromatic rings. The molecule has 0 atom stereocenters. The zero-order valence-electron chi connectivity index (χ0n) is 17.8. The molecule has 3 rings (SSSR count). The third-order valence-corrected chi connectivity index (χ3v) is 5.85. The SMILES string of the molecule is CCN(CC)CCNC(=O)c1c(C)[nH]c(/C=C2\C(=O)Nc3cc(N)c(Cl)cc32)c1C. The quantitative estimate of drug-likeness (QED) is 0.400. The van der Waals surface area contributed by atoms with Crippen LogP contribution in [0.3, 0.4) is 0 Å². The molecule has 0 saturated heterocycles. The van der Waals surface area contributed by atoms with Crippen molar-refractivity contribution in [3.05, 3.63) is 45.2 Å². The van der Waals surface area contributed by atoms with Gasteiger partial charge in [-0.05, 0) is 50.7 Å². The summed E-state index contributed by atoms with van der Waals surface area (Å²) >= 11 is 6.15. The topological polar surface area (TPSA) is 103 Å². The molecule has 7 nitrogen and oxygen atoms in total. The Kier molecular flexibility index (Phi) is 6.53. The lowest BCUT2D eigenvalue weighted by molar-refractivity contribution is -0.110. The summed E-state index contributed by atoms with van der Waals surface area (Å²) in [5.74, 6) is -0.353. The van der Waals surface area contributed by atoms with Gasteiger partial charge in [0.25, 0.3) is 11.8 Å². The Hall–Kier alpha value is -2.77. The zero-order chi connectivity index (χ0) is 22.0. The molecule has 0 radical (unpaired) electrons. The normalized spacial score (nSPS) is 14.3. The summed E-state index contributed by atoms with van der Waals surface area (Å²) in [6, 6.07) is 3.33. The largest absolute Gasteiger partial charge is 0.397 e. The number of fused-ring (bicyclic) bond motifs is 1. The lowest BCUT2D eigenvalue weighted by atomic mass is 10.0. The van der Waals surface area contributed by atoms with E-state index < -0.39 is 0 Å². The minimum Gasteiger partial charge on any atom is -0.397 e. The van der Waals surface area contributed by atoms with Crippen molar-refractivity contribution in [2.24, 2.45) is 0 Å². The fourth-order valence-corrected chi connectivity index (χ4v) is 3.89. The van der Waals surface area contributed by atoms with Crippen LogP contribution in [0.25, 0.3) is 11.6 Å². The summed E-state index contributed by atoms with van der Waals surface area (Å²) in [5, 5.41) is 6.19. The average Bonchev–Trinajstić information content (AvgIpc) is 3.15. The van der Waals surface area contributed by atoms with E-state index in [4.69, 9.17) is 17.3 Å². The Labute approximate surface area is 181 Å². The van der Waals surface area contributed by atoms with E-state index >= 15 is 0 Å². The number of nitrogen functional groups attached to an aromatic ring is 1. The number of benzene rings is 1. The number of carbonyl (C=O) groups is 2. The molecule has 1 aromatic heterocycles. The first-order valence-electron chi connectivity index (χ1n) is 10.1. The lowest BCUT2D eigenvalue weighted by Crippen LogP contribution is -2.35. The Morgan fingerprint density at radius 1 is 1.27 bits per heavy atom. The Balaban J connectivity index is 1.85. The molecular formula is C22H28ClN5O2. The summed E-state index contributed by atoms with van der Waals surface area (Å²) in [6.07, 6.45) is 1.75. The average molecular weight is 430 g/mol. The monoisotopic (exact) mass is 429 g/mol. The number of nitrogens with zero attached hydrogens (tertiary/aromatic N) is 1. The van der Waals surface area contributed by atoms with Gasteiger partial charge in [0.15, 0.2) is 0 Å². The highest BCUT2D eigenvalue weighted by Gasteiger charge is 2.26. The van der Waals surface area contributed by atoms with Crippen molar-refractivity contribution < 1.29 is 9.59 Å². The number of nitrogens with two attached hydrogens (primary N) is 1. The number of H-pyrrole nitrogens is 1. The van der Waals surface area contributed by atoms with Crippen molar-refractivity contribution in [3.8, 4) is 0 Å². The van der Waals surface area contributed by atoms with Crippen molar-refractivity contribution in [1.82, 2.24) is 15.2 Å². The van der Waals surface area contributed by atoms with E-state index in [1.165, 1.54) is 0 Å². The fraction of sp³-hybridized carbons (Fsp3) is 0.364. The molecule has 30 heavy (non-hydrogen) atoms. The third kappa shape index (κ3) is 4.22. The van der Waals surface area contributed by atoms with E-state index in [0.717, 1.165) is 30.9 Å². The minimum atomic E-state index is -0.233. The molecule has 0 unspecified atom stereocenters. The van der Waals surface area contributed by atoms with Gasteiger partial charge in [0.05, 0.1) is 27.5 Å². The molecule has 2 heterocycles. The maximum absolute atomic E-state index is 12.8. The predicted molar refractivity (Wildman–Crippen MR) is 123 cm³/mol. The number of hydrogen-bond donors (Lipinski definition) is 4. The van der Waals surface area contributed by atoms with Crippen LogP contribution in [0.1, 0.15) is 46.7 Å². The van der Waals surface area contributed by atoms with Gasteiger partial charge >= 0.3 is 0 Å². The minimum absolute atomic E-state index is 0.120. The molecule has 0 bridgehead atoms. The Bertz CT molecular complexity index is 1020. The number of aryl methyl sites for hydroxylation is 1. The van der Waals surface area contributed by atoms with E-state index in [0.29, 0.717) is 45.3 Å². The summed E-state index contributed by atoms with van der Waals surface area (Å²) in [5.41, 5.74) is 10.9. The number of halogens is 1. The summed E-state index contributed by atoms with van der Waals surface area (Å²) in [7, 11) is 0. The summed E-state index contributed by atoms with van der Waals surface area (Å²) < 4.78 is 0. The summed E-state index contributed by atoms with van der Waals surface area (Å²) in [6.45, 7) is 11.2. The van der Waals surface area contributed by atoms with Crippen molar-refractivity contribution in [2.75, 3.05) is 37.2 Å². The first-order valence-corrected chi connectivity index (χ1v) is 10.5. The number of hydrogen-bond acceptors (Lipinski definition) is 4. The number of aromatic amines is 1. The van der Waals surface area contributed by atoms with Gasteiger partial charge < -0.3 is 26.3 Å². The number of aromatic nitrogens is 1. The van der Waals surface area contributed by atoms with Crippen LogP contribution < -0.4 is 16.4 Å². The summed E-state index contributed by atoms with van der Waals surface area (Å²) in [4.78, 5) is 30.7. The second-order valence-electron chi connectivity index (χ2n) is 7.38. The van der Waals surface area contributed by atoms with Crippen molar-refractivity contribution >= 4 is 46.4 Å². The highest BCUT2D eigenvalue weighted by molar-refractivity contribution is 6.38. The number of anilines is 2. The maximum atomic E-state index is 12.8. The van der Waals surface area contributed by atoms with Crippen molar-refractivity contribution in [1.29, 1.82) is 0 Å². The molecule has 1 aliphatic rings. The van der Waals surface area contributed by atoms with Gasteiger partial charge in [0.1, 0.15) is 0 Å². The Morgan fingerprint density at radius 3 is 2.63 bits per heavy atom. The van der Waals surface area contributed by atoms with Crippen molar-refractivity contribution in [3.63, 3.8) is 0 Å². The zero-order valence-corrected chi connectivity index (χ0v) is 18.5. The molecule has 0 spiro atoms. The van der Waals surface area contributed by atoms with Gasteiger partial charge in [-0.25, -0.2) is 0 Å². The number of rotatable bonds is 7. The van der Waals surface area contributed by atoms with Gasteiger partial charge in [-0.3, -0.25) is 9.59 Å². The van der Waals surface area contributed by atoms with Gasteiger partial charge in [0.2, 0.25) is 0 Å². The van der Waals surface area contributed by atoms with Crippen LogP contribution in [0.4, 0.5) is 11.4 Å². The molecule has 8 heteroatoms. The number of carbonyl (C=O) groups excluding carboxylic acids is 2. The van der Waals surface area contributed by atoms with Crippen molar-refractivity contribution in [2.45, 2.75) is 27.7 Å². The van der Waals surface area contributed by atoms with Crippen LogP contribution >= 0.6 is 11.6 Å². The molecule has 1 aliphatic heterocycles. The molecule has 0 aliphatic carbocycles. The second kappa shape index (κ2) is 8.93. The molecule has 160 valence electrons. The molecule has 0 saturated carbocycles. The smallest absolute Gasteiger partial charge is 0.256 e. The number of amides is 2. The standard InChI is InChI=1S/C22H28ClN5O2/c1-5-28(6-2)8-7-25-22(30)20-12(3)18(26-13(20)4)10-15-14-9-16(23)17(24)11-19(14)27-21(15)29/h9-11,26H,5-8,24H2,1-4H3,(H,25,30)(H,27,29)/b15-10-. The van der Waals surface area contributed by atoms with Crippen LogP contribution in [0.15, 0.2) is 12.1 Å². The fourth-order valence-electron chi connectivity index (χ4n) is 3.73. The first-order chi connectivity index (χ1) is 14.3. The molecule has 5 N–H and O–H groups in total. The van der Waals surface area contributed by atoms with Gasteiger partial charge in [0, 0.05) is 30.0 Å². The van der Waals surface area contributed by atoms with Crippen LogP contribution in [0.2, 0.25) is 5.02 Å².